The second-order valence-corrected chi connectivity index (χ2v) is 9.30. The summed E-state index contributed by atoms with van der Waals surface area (Å²) in [5, 5.41) is 4.01. The molecule has 4 rings (SSSR count). The van der Waals surface area contributed by atoms with Gasteiger partial charge in [-0.1, -0.05) is 29.8 Å². The van der Waals surface area contributed by atoms with E-state index < -0.39 is 0 Å². The molecule has 148 valence electrons. The number of hydrogen-bond acceptors (Lipinski definition) is 3. The zero-order valence-corrected chi connectivity index (χ0v) is 17.7. The molecular weight excluding hydrogens is 388 g/mol. The zero-order valence-electron chi connectivity index (χ0n) is 16.1. The van der Waals surface area contributed by atoms with Crippen LogP contribution < -0.4 is 5.32 Å². The van der Waals surface area contributed by atoms with Crippen molar-refractivity contribution in [2.45, 2.75) is 49.6 Å². The van der Waals surface area contributed by atoms with Gasteiger partial charge in [0.15, 0.2) is 0 Å². The number of carbonyl (C=O) groups is 1. The highest BCUT2D eigenvalue weighted by molar-refractivity contribution is 8.00. The van der Waals surface area contributed by atoms with Crippen molar-refractivity contribution in [3.63, 3.8) is 0 Å². The third-order valence-corrected chi connectivity index (χ3v) is 6.96. The fourth-order valence-electron chi connectivity index (χ4n) is 4.14. The molecular formula is C23H27ClN2OS. The highest BCUT2D eigenvalue weighted by atomic mass is 35.5. The predicted octanol–water partition coefficient (Wildman–Crippen LogP) is 4.70. The van der Waals surface area contributed by atoms with Crippen molar-refractivity contribution >= 4 is 29.3 Å². The molecule has 0 atom stereocenters. The van der Waals surface area contributed by atoms with Crippen molar-refractivity contribution in [2.24, 2.45) is 0 Å². The SMILES string of the molecule is O=C(CSc1ccc2c(c1)CCC2)NC1CCN(Cc2ccc(Cl)cc2)CC1. The normalized spacial score (nSPS) is 17.5. The van der Waals surface area contributed by atoms with E-state index in [-0.39, 0.29) is 5.91 Å². The Balaban J connectivity index is 1.18. The van der Waals surface area contributed by atoms with E-state index in [1.807, 2.05) is 12.1 Å². The quantitative estimate of drug-likeness (QED) is 0.695. The minimum absolute atomic E-state index is 0.154. The van der Waals surface area contributed by atoms with Gasteiger partial charge in [-0.2, -0.15) is 0 Å². The molecule has 1 amide bonds. The Morgan fingerprint density at radius 2 is 1.82 bits per heavy atom. The van der Waals surface area contributed by atoms with Crippen molar-refractivity contribution < 1.29 is 4.79 Å². The van der Waals surface area contributed by atoms with Gasteiger partial charge in [0.05, 0.1) is 5.75 Å². The van der Waals surface area contributed by atoms with Gasteiger partial charge in [-0.05, 0) is 73.1 Å². The molecule has 3 nitrogen and oxygen atoms in total. The number of piperidine rings is 1. The maximum atomic E-state index is 12.4. The molecule has 0 aromatic heterocycles. The summed E-state index contributed by atoms with van der Waals surface area (Å²) in [6.07, 6.45) is 5.69. The van der Waals surface area contributed by atoms with Crippen LogP contribution in [0.4, 0.5) is 0 Å². The van der Waals surface area contributed by atoms with Crippen LogP contribution in [0.2, 0.25) is 5.02 Å². The maximum absolute atomic E-state index is 12.4. The monoisotopic (exact) mass is 414 g/mol. The van der Waals surface area contributed by atoms with Gasteiger partial charge in [0.2, 0.25) is 5.91 Å². The fourth-order valence-corrected chi connectivity index (χ4v) is 5.04. The van der Waals surface area contributed by atoms with E-state index in [1.54, 1.807) is 11.8 Å². The van der Waals surface area contributed by atoms with Gasteiger partial charge >= 0.3 is 0 Å². The number of amides is 1. The number of rotatable bonds is 6. The molecule has 1 saturated heterocycles. The highest BCUT2D eigenvalue weighted by Gasteiger charge is 2.21. The molecule has 2 aromatic rings. The van der Waals surface area contributed by atoms with Crippen LogP contribution in [0.25, 0.3) is 0 Å². The van der Waals surface area contributed by atoms with Gasteiger partial charge in [0, 0.05) is 35.6 Å². The topological polar surface area (TPSA) is 32.3 Å². The Kier molecular flexibility index (Phi) is 6.61. The van der Waals surface area contributed by atoms with E-state index >= 15 is 0 Å². The molecule has 1 fully saturated rings. The number of nitrogens with zero attached hydrogens (tertiary/aromatic N) is 1. The second kappa shape index (κ2) is 9.34. The zero-order chi connectivity index (χ0) is 19.3. The van der Waals surface area contributed by atoms with Crippen LogP contribution in [-0.2, 0) is 24.2 Å². The molecule has 2 aliphatic rings. The third kappa shape index (κ3) is 5.31. The molecule has 0 bridgehead atoms. The van der Waals surface area contributed by atoms with E-state index in [4.69, 9.17) is 11.6 Å². The lowest BCUT2D eigenvalue weighted by atomic mass is 10.0. The van der Waals surface area contributed by atoms with E-state index in [9.17, 15) is 4.79 Å². The molecule has 5 heteroatoms. The third-order valence-electron chi connectivity index (χ3n) is 5.71. The first kappa shape index (κ1) is 19.8. The van der Waals surface area contributed by atoms with Crippen molar-refractivity contribution in [1.29, 1.82) is 0 Å². The molecule has 0 radical (unpaired) electrons. The van der Waals surface area contributed by atoms with Gasteiger partial charge in [-0.15, -0.1) is 11.8 Å². The number of carbonyl (C=O) groups excluding carboxylic acids is 1. The summed E-state index contributed by atoms with van der Waals surface area (Å²) < 4.78 is 0. The number of fused-ring (bicyclic) bond motifs is 1. The summed E-state index contributed by atoms with van der Waals surface area (Å²) in [6.45, 7) is 2.99. The Bertz CT molecular complexity index is 816. The van der Waals surface area contributed by atoms with Crippen molar-refractivity contribution in [3.05, 3.63) is 64.2 Å². The van der Waals surface area contributed by atoms with Crippen LogP contribution in [-0.4, -0.2) is 35.7 Å². The summed E-state index contributed by atoms with van der Waals surface area (Å²) in [5.74, 6) is 0.658. The number of aryl methyl sites for hydroxylation is 2. The summed E-state index contributed by atoms with van der Waals surface area (Å²) >= 11 is 7.61. The van der Waals surface area contributed by atoms with Crippen LogP contribution in [0, 0.1) is 0 Å². The van der Waals surface area contributed by atoms with E-state index in [0.29, 0.717) is 11.8 Å². The molecule has 0 spiro atoms. The summed E-state index contributed by atoms with van der Waals surface area (Å²) in [5.41, 5.74) is 4.25. The Morgan fingerprint density at radius 3 is 2.61 bits per heavy atom. The number of nitrogens with one attached hydrogen (secondary N) is 1. The number of thioether (sulfide) groups is 1. The summed E-state index contributed by atoms with van der Waals surface area (Å²) in [7, 11) is 0. The van der Waals surface area contributed by atoms with Crippen molar-refractivity contribution in [1.82, 2.24) is 10.2 Å². The number of likely N-dealkylation sites (tertiary alicyclic amines) is 1. The number of benzene rings is 2. The first-order valence-electron chi connectivity index (χ1n) is 10.2. The van der Waals surface area contributed by atoms with Gasteiger partial charge in [-0.3, -0.25) is 9.69 Å². The van der Waals surface area contributed by atoms with Crippen LogP contribution in [0.5, 0.6) is 0 Å². The molecule has 1 aliphatic heterocycles. The molecule has 0 saturated carbocycles. The smallest absolute Gasteiger partial charge is 0.230 e. The summed E-state index contributed by atoms with van der Waals surface area (Å²) in [6, 6.07) is 15.0. The van der Waals surface area contributed by atoms with Crippen LogP contribution in [0.15, 0.2) is 47.4 Å². The number of hydrogen-bond donors (Lipinski definition) is 1. The van der Waals surface area contributed by atoms with Crippen LogP contribution in [0.1, 0.15) is 36.0 Å². The maximum Gasteiger partial charge on any atom is 0.230 e. The Hall–Kier alpha value is -1.49. The Morgan fingerprint density at radius 1 is 1.07 bits per heavy atom. The molecule has 1 aliphatic carbocycles. The molecule has 2 aromatic carbocycles. The summed E-state index contributed by atoms with van der Waals surface area (Å²) in [4.78, 5) is 16.0. The minimum Gasteiger partial charge on any atom is -0.353 e. The standard InChI is InChI=1S/C23H27ClN2OS/c24-20-7-4-17(5-8-20)15-26-12-10-21(11-13-26)25-23(27)16-28-22-9-6-18-2-1-3-19(18)14-22/h4-9,14,21H,1-3,10-13,15-16H2,(H,25,27). The average Bonchev–Trinajstić information content (AvgIpc) is 3.17. The van der Waals surface area contributed by atoms with Gasteiger partial charge < -0.3 is 5.32 Å². The van der Waals surface area contributed by atoms with Crippen LogP contribution >= 0.6 is 23.4 Å². The predicted molar refractivity (Wildman–Crippen MR) is 117 cm³/mol. The van der Waals surface area contributed by atoms with Crippen molar-refractivity contribution in [2.75, 3.05) is 18.8 Å². The van der Waals surface area contributed by atoms with Gasteiger partial charge in [-0.25, -0.2) is 0 Å². The van der Waals surface area contributed by atoms with Crippen LogP contribution in [0.3, 0.4) is 0 Å². The Labute approximate surface area is 176 Å². The van der Waals surface area contributed by atoms with Gasteiger partial charge in [0.25, 0.3) is 0 Å². The molecule has 1 N–H and O–H groups in total. The minimum atomic E-state index is 0.154. The molecule has 28 heavy (non-hydrogen) atoms. The van der Waals surface area contributed by atoms with Crippen molar-refractivity contribution in [3.8, 4) is 0 Å². The fraction of sp³-hybridized carbons (Fsp3) is 0.435. The number of halogens is 1. The van der Waals surface area contributed by atoms with E-state index in [2.05, 4.69) is 40.5 Å². The highest BCUT2D eigenvalue weighted by Crippen LogP contribution is 2.27. The lowest BCUT2D eigenvalue weighted by Crippen LogP contribution is -2.44. The second-order valence-electron chi connectivity index (χ2n) is 7.82. The average molecular weight is 415 g/mol. The first-order chi connectivity index (χ1) is 13.7. The lowest BCUT2D eigenvalue weighted by Gasteiger charge is -2.32. The molecule has 0 unspecified atom stereocenters. The first-order valence-corrected chi connectivity index (χ1v) is 11.5. The van der Waals surface area contributed by atoms with E-state index in [0.717, 1.165) is 37.5 Å². The largest absolute Gasteiger partial charge is 0.353 e. The lowest BCUT2D eigenvalue weighted by molar-refractivity contribution is -0.119. The molecule has 1 heterocycles. The van der Waals surface area contributed by atoms with E-state index in [1.165, 1.54) is 40.8 Å². The van der Waals surface area contributed by atoms with Gasteiger partial charge in [0.1, 0.15) is 0 Å².